The lowest BCUT2D eigenvalue weighted by Crippen LogP contribution is -2.87. The second-order valence-corrected chi connectivity index (χ2v) is 4.29. The summed E-state index contributed by atoms with van der Waals surface area (Å²) in [5, 5.41) is 2.34. The van der Waals surface area contributed by atoms with Crippen LogP contribution in [0.15, 0.2) is 30.6 Å². The number of aromatic amines is 1. The first-order valence-electron chi connectivity index (χ1n) is 5.88. The highest BCUT2D eigenvalue weighted by molar-refractivity contribution is 5.33. The number of ether oxygens (including phenoxy) is 1. The second kappa shape index (κ2) is 4.22. The van der Waals surface area contributed by atoms with Crippen molar-refractivity contribution in [3.8, 4) is 5.75 Å². The summed E-state index contributed by atoms with van der Waals surface area (Å²) in [5.41, 5.74) is 3.72. The van der Waals surface area contributed by atoms with E-state index in [4.69, 9.17) is 4.74 Å². The fourth-order valence-electron chi connectivity index (χ4n) is 2.41. The standard InChI is InChI=1S/C13H15N3O/c1-17-10-4-2-9(3-5-10)12-13-11(6-7-14-12)15-8-16-13/h2-5,8,12,14H,6-7H2,1H3,(H,15,16)/p+1/t12-/m1/s1. The molecular formula is C13H16N3O+. The fourth-order valence-corrected chi connectivity index (χ4v) is 2.41. The fraction of sp³-hybridized carbons (Fsp3) is 0.308. The Labute approximate surface area is 100 Å². The van der Waals surface area contributed by atoms with Crippen LogP contribution in [-0.2, 0) is 6.42 Å². The van der Waals surface area contributed by atoms with E-state index in [9.17, 15) is 0 Å². The van der Waals surface area contributed by atoms with Crippen molar-refractivity contribution in [1.82, 2.24) is 9.97 Å². The topological polar surface area (TPSA) is 54.5 Å². The van der Waals surface area contributed by atoms with Crippen LogP contribution < -0.4 is 10.1 Å². The van der Waals surface area contributed by atoms with Crippen molar-refractivity contribution in [2.24, 2.45) is 0 Å². The Morgan fingerprint density at radius 2 is 2.18 bits per heavy atom. The van der Waals surface area contributed by atoms with Gasteiger partial charge in [-0.1, -0.05) is 0 Å². The molecule has 0 bridgehead atoms. The van der Waals surface area contributed by atoms with Gasteiger partial charge in [0, 0.05) is 17.7 Å². The van der Waals surface area contributed by atoms with Gasteiger partial charge in [0.1, 0.15) is 11.4 Å². The van der Waals surface area contributed by atoms with Crippen LogP contribution in [0, 0.1) is 0 Å². The molecule has 1 aliphatic heterocycles. The first kappa shape index (κ1) is 10.4. The zero-order valence-electron chi connectivity index (χ0n) is 9.81. The van der Waals surface area contributed by atoms with E-state index in [-0.39, 0.29) is 0 Å². The predicted molar refractivity (Wildman–Crippen MR) is 63.9 cm³/mol. The SMILES string of the molecule is COc1ccc([C@H]2[NH2+]CCc3[nH]cnc32)cc1. The van der Waals surface area contributed by atoms with Gasteiger partial charge in [0.15, 0.2) is 6.04 Å². The van der Waals surface area contributed by atoms with Crippen LogP contribution in [0.2, 0.25) is 0 Å². The average molecular weight is 230 g/mol. The molecule has 0 saturated heterocycles. The maximum atomic E-state index is 5.18. The van der Waals surface area contributed by atoms with Gasteiger partial charge in [0.25, 0.3) is 0 Å². The molecule has 0 radical (unpaired) electrons. The summed E-state index contributed by atoms with van der Waals surface area (Å²) in [7, 11) is 1.69. The van der Waals surface area contributed by atoms with Crippen molar-refractivity contribution < 1.29 is 10.1 Å². The molecule has 1 atom stereocenters. The Kier molecular flexibility index (Phi) is 2.57. The number of imidazole rings is 1. The monoisotopic (exact) mass is 230 g/mol. The van der Waals surface area contributed by atoms with Gasteiger partial charge in [-0.3, -0.25) is 0 Å². The number of hydrogen-bond donors (Lipinski definition) is 2. The summed E-state index contributed by atoms with van der Waals surface area (Å²) < 4.78 is 5.18. The van der Waals surface area contributed by atoms with Crippen LogP contribution in [0.4, 0.5) is 0 Å². The Morgan fingerprint density at radius 3 is 2.94 bits per heavy atom. The maximum absolute atomic E-state index is 5.18. The number of aromatic nitrogens is 2. The number of nitrogens with one attached hydrogen (secondary N) is 1. The summed E-state index contributed by atoms with van der Waals surface area (Å²) in [6.45, 7) is 1.10. The minimum Gasteiger partial charge on any atom is -0.497 e. The van der Waals surface area contributed by atoms with Crippen molar-refractivity contribution in [2.75, 3.05) is 13.7 Å². The zero-order chi connectivity index (χ0) is 11.7. The molecule has 3 N–H and O–H groups in total. The van der Waals surface area contributed by atoms with Gasteiger partial charge in [-0.2, -0.15) is 0 Å². The number of benzene rings is 1. The van der Waals surface area contributed by atoms with Gasteiger partial charge in [-0.05, 0) is 24.3 Å². The molecule has 0 spiro atoms. The number of hydrogen-bond acceptors (Lipinski definition) is 2. The number of methoxy groups -OCH3 is 1. The summed E-state index contributed by atoms with van der Waals surface area (Å²) in [5.74, 6) is 0.895. The molecular weight excluding hydrogens is 214 g/mol. The molecule has 88 valence electrons. The van der Waals surface area contributed by atoms with Crippen LogP contribution in [0.1, 0.15) is 23.0 Å². The highest BCUT2D eigenvalue weighted by atomic mass is 16.5. The van der Waals surface area contributed by atoms with E-state index < -0.39 is 0 Å². The van der Waals surface area contributed by atoms with Gasteiger partial charge in [0.2, 0.25) is 0 Å². The zero-order valence-corrected chi connectivity index (χ0v) is 9.81. The molecule has 0 saturated carbocycles. The minimum atomic E-state index is 0.316. The van der Waals surface area contributed by atoms with Gasteiger partial charge in [-0.15, -0.1) is 0 Å². The Bertz CT molecular complexity index is 504. The van der Waals surface area contributed by atoms with Crippen LogP contribution in [-0.4, -0.2) is 23.6 Å². The van der Waals surface area contributed by atoms with E-state index in [1.807, 2.05) is 12.1 Å². The molecule has 1 aromatic heterocycles. The summed E-state index contributed by atoms with van der Waals surface area (Å²) in [6, 6.07) is 8.55. The van der Waals surface area contributed by atoms with E-state index in [2.05, 4.69) is 27.4 Å². The van der Waals surface area contributed by atoms with Crippen LogP contribution in [0.25, 0.3) is 0 Å². The molecule has 2 heterocycles. The lowest BCUT2D eigenvalue weighted by Gasteiger charge is -2.20. The highest BCUT2D eigenvalue weighted by Crippen LogP contribution is 2.23. The third-order valence-corrected chi connectivity index (χ3v) is 3.32. The number of quaternary nitrogens is 1. The van der Waals surface area contributed by atoms with Gasteiger partial charge in [-0.25, -0.2) is 4.98 Å². The number of nitrogens with zero attached hydrogens (tertiary/aromatic N) is 1. The summed E-state index contributed by atoms with van der Waals surface area (Å²) in [4.78, 5) is 7.66. The first-order valence-corrected chi connectivity index (χ1v) is 5.88. The second-order valence-electron chi connectivity index (χ2n) is 4.29. The normalized spacial score (nSPS) is 18.8. The van der Waals surface area contributed by atoms with Gasteiger partial charge in [0.05, 0.1) is 20.0 Å². The van der Waals surface area contributed by atoms with Crippen LogP contribution in [0.3, 0.4) is 0 Å². The third-order valence-electron chi connectivity index (χ3n) is 3.32. The highest BCUT2D eigenvalue weighted by Gasteiger charge is 2.27. The molecule has 17 heavy (non-hydrogen) atoms. The van der Waals surface area contributed by atoms with E-state index in [0.29, 0.717) is 6.04 Å². The maximum Gasteiger partial charge on any atom is 0.156 e. The first-order chi connectivity index (χ1) is 8.38. The van der Waals surface area contributed by atoms with Crippen molar-refractivity contribution in [2.45, 2.75) is 12.5 Å². The molecule has 0 aliphatic carbocycles. The minimum absolute atomic E-state index is 0.316. The Balaban J connectivity index is 1.95. The lowest BCUT2D eigenvalue weighted by atomic mass is 9.98. The third kappa shape index (κ3) is 1.80. The molecule has 0 amide bonds. The molecule has 1 aromatic carbocycles. The number of fused-ring (bicyclic) bond motifs is 1. The number of nitrogens with two attached hydrogens (primary N) is 1. The van der Waals surface area contributed by atoms with Gasteiger partial charge < -0.3 is 15.0 Å². The average Bonchev–Trinajstić information content (AvgIpc) is 2.87. The van der Waals surface area contributed by atoms with E-state index in [1.165, 1.54) is 17.0 Å². The van der Waals surface area contributed by atoms with Crippen molar-refractivity contribution in [1.29, 1.82) is 0 Å². The Morgan fingerprint density at radius 1 is 1.35 bits per heavy atom. The van der Waals surface area contributed by atoms with Crippen molar-refractivity contribution >= 4 is 0 Å². The lowest BCUT2D eigenvalue weighted by molar-refractivity contribution is -0.690. The summed E-state index contributed by atoms with van der Waals surface area (Å²) >= 11 is 0. The smallest absolute Gasteiger partial charge is 0.156 e. The molecule has 4 heteroatoms. The Hall–Kier alpha value is -1.81. The van der Waals surface area contributed by atoms with E-state index >= 15 is 0 Å². The summed E-state index contributed by atoms with van der Waals surface area (Å²) in [6.07, 6.45) is 2.86. The van der Waals surface area contributed by atoms with E-state index in [1.54, 1.807) is 13.4 Å². The van der Waals surface area contributed by atoms with Crippen LogP contribution >= 0.6 is 0 Å². The molecule has 1 aliphatic rings. The van der Waals surface area contributed by atoms with Crippen molar-refractivity contribution in [3.05, 3.63) is 47.5 Å². The van der Waals surface area contributed by atoms with Crippen LogP contribution in [0.5, 0.6) is 5.75 Å². The largest absolute Gasteiger partial charge is 0.497 e. The van der Waals surface area contributed by atoms with E-state index in [0.717, 1.165) is 18.7 Å². The molecule has 0 unspecified atom stereocenters. The number of rotatable bonds is 2. The van der Waals surface area contributed by atoms with Crippen molar-refractivity contribution in [3.63, 3.8) is 0 Å². The molecule has 3 rings (SSSR count). The molecule has 4 nitrogen and oxygen atoms in total. The van der Waals surface area contributed by atoms with Gasteiger partial charge >= 0.3 is 0 Å². The molecule has 0 fully saturated rings. The molecule has 2 aromatic rings. The quantitative estimate of drug-likeness (QED) is 0.795. The number of H-pyrrole nitrogens is 1. The predicted octanol–water partition coefficient (Wildman–Crippen LogP) is 0.627.